The van der Waals surface area contributed by atoms with Crippen molar-refractivity contribution < 1.29 is 4.79 Å². The molecule has 0 unspecified atom stereocenters. The van der Waals surface area contributed by atoms with Gasteiger partial charge in [0.25, 0.3) is 0 Å². The van der Waals surface area contributed by atoms with Gasteiger partial charge in [0.1, 0.15) is 10.5 Å². The van der Waals surface area contributed by atoms with Crippen LogP contribution < -0.4 is 4.90 Å². The van der Waals surface area contributed by atoms with E-state index in [-0.39, 0.29) is 5.91 Å². The van der Waals surface area contributed by atoms with E-state index >= 15 is 0 Å². The Kier molecular flexibility index (Phi) is 6.54. The van der Waals surface area contributed by atoms with Gasteiger partial charge in [-0.15, -0.1) is 11.3 Å². The molecule has 1 fully saturated rings. The monoisotopic (exact) mass is 433 g/mol. The van der Waals surface area contributed by atoms with Crippen LogP contribution in [0.15, 0.2) is 60.0 Å². The predicted molar refractivity (Wildman–Crippen MR) is 128 cm³/mol. The molecule has 0 saturated carbocycles. The molecule has 0 atom stereocenters. The number of likely N-dealkylation sites (tertiary alicyclic amines) is 1. The molecular weight excluding hydrogens is 402 g/mol. The summed E-state index contributed by atoms with van der Waals surface area (Å²) < 4.78 is 0. The van der Waals surface area contributed by atoms with Crippen LogP contribution >= 0.6 is 11.3 Å². The van der Waals surface area contributed by atoms with Gasteiger partial charge in [-0.3, -0.25) is 14.6 Å². The first-order chi connectivity index (χ1) is 15.0. The largest absolute Gasteiger partial charge is 0.300 e. The number of piperidine rings is 1. The number of amides is 1. The van der Waals surface area contributed by atoms with Gasteiger partial charge in [-0.25, -0.2) is 4.98 Å². The molecule has 0 spiro atoms. The van der Waals surface area contributed by atoms with Crippen molar-refractivity contribution in [2.75, 3.05) is 18.0 Å². The number of rotatable bonds is 6. The fourth-order valence-corrected chi connectivity index (χ4v) is 5.62. The SMILES string of the molecule is CCC(=O)N(c1cccc(C)c1)C1(c2nc(C)cs2)CCN(Cc2ccccc2)CC1. The standard InChI is InChI=1S/C26H31N3OS/c1-4-24(30)29(23-12-8-9-20(2)17-23)26(25-27-21(3)19-31-25)13-15-28(16-14-26)18-22-10-6-5-7-11-22/h5-12,17,19H,4,13-16,18H2,1-3H3. The highest BCUT2D eigenvalue weighted by atomic mass is 32.1. The van der Waals surface area contributed by atoms with E-state index in [2.05, 4.69) is 70.6 Å². The Labute approximate surface area is 189 Å². The summed E-state index contributed by atoms with van der Waals surface area (Å²) in [4.78, 5) is 22.8. The predicted octanol–water partition coefficient (Wildman–Crippen LogP) is 5.69. The van der Waals surface area contributed by atoms with Crippen LogP contribution in [0.5, 0.6) is 0 Å². The van der Waals surface area contributed by atoms with Gasteiger partial charge in [0.15, 0.2) is 0 Å². The minimum Gasteiger partial charge on any atom is -0.300 e. The third kappa shape index (κ3) is 4.58. The molecule has 3 aromatic rings. The summed E-state index contributed by atoms with van der Waals surface area (Å²) in [5, 5.41) is 3.17. The third-order valence-corrected chi connectivity index (χ3v) is 7.34. The molecule has 31 heavy (non-hydrogen) atoms. The van der Waals surface area contributed by atoms with Crippen molar-refractivity contribution in [3.63, 3.8) is 0 Å². The topological polar surface area (TPSA) is 36.4 Å². The molecule has 4 rings (SSSR count). The molecule has 0 aliphatic carbocycles. The van der Waals surface area contributed by atoms with Gasteiger partial charge in [-0.2, -0.15) is 0 Å². The minimum atomic E-state index is -0.396. The van der Waals surface area contributed by atoms with Crippen LogP contribution in [0.2, 0.25) is 0 Å². The minimum absolute atomic E-state index is 0.162. The number of nitrogens with zero attached hydrogens (tertiary/aromatic N) is 3. The summed E-state index contributed by atoms with van der Waals surface area (Å²) in [6, 6.07) is 19.0. The summed E-state index contributed by atoms with van der Waals surface area (Å²) in [7, 11) is 0. The molecule has 0 radical (unpaired) electrons. The molecule has 4 nitrogen and oxygen atoms in total. The van der Waals surface area contributed by atoms with E-state index < -0.39 is 5.54 Å². The van der Waals surface area contributed by atoms with E-state index in [0.29, 0.717) is 6.42 Å². The van der Waals surface area contributed by atoms with Crippen LogP contribution in [0.4, 0.5) is 5.69 Å². The van der Waals surface area contributed by atoms with Crippen molar-refractivity contribution in [1.82, 2.24) is 9.88 Å². The normalized spacial score (nSPS) is 16.2. The number of anilines is 1. The zero-order valence-corrected chi connectivity index (χ0v) is 19.5. The molecule has 0 bridgehead atoms. The van der Waals surface area contributed by atoms with Gasteiger partial charge in [-0.05, 0) is 49.9 Å². The van der Waals surface area contributed by atoms with Crippen molar-refractivity contribution in [1.29, 1.82) is 0 Å². The fraction of sp³-hybridized carbons (Fsp3) is 0.385. The number of hydrogen-bond donors (Lipinski definition) is 0. The molecule has 1 aliphatic rings. The molecule has 0 N–H and O–H groups in total. The molecule has 5 heteroatoms. The molecular formula is C26H31N3OS. The molecule has 2 heterocycles. The molecule has 1 aliphatic heterocycles. The lowest BCUT2D eigenvalue weighted by atomic mass is 9.84. The first-order valence-electron chi connectivity index (χ1n) is 11.1. The Balaban J connectivity index is 1.69. The average molecular weight is 434 g/mol. The number of thiazole rings is 1. The maximum Gasteiger partial charge on any atom is 0.227 e. The van der Waals surface area contributed by atoms with Gasteiger partial charge in [0.2, 0.25) is 5.91 Å². The fourth-order valence-electron chi connectivity index (χ4n) is 4.58. The molecule has 1 saturated heterocycles. The Bertz CT molecular complexity index is 1020. The molecule has 2 aromatic carbocycles. The highest BCUT2D eigenvalue weighted by Crippen LogP contribution is 2.43. The second-order valence-corrected chi connectivity index (χ2v) is 9.37. The highest BCUT2D eigenvalue weighted by molar-refractivity contribution is 7.09. The Hall–Kier alpha value is -2.50. The lowest BCUT2D eigenvalue weighted by Crippen LogP contribution is -2.55. The van der Waals surface area contributed by atoms with Crippen molar-refractivity contribution in [2.45, 2.75) is 52.1 Å². The quantitative estimate of drug-likeness (QED) is 0.501. The second kappa shape index (κ2) is 9.33. The van der Waals surface area contributed by atoms with Crippen molar-refractivity contribution in [2.24, 2.45) is 0 Å². The number of aryl methyl sites for hydroxylation is 2. The van der Waals surface area contributed by atoms with Gasteiger partial charge < -0.3 is 0 Å². The summed E-state index contributed by atoms with van der Waals surface area (Å²) >= 11 is 1.69. The van der Waals surface area contributed by atoms with Gasteiger partial charge in [0, 0.05) is 42.8 Å². The number of benzene rings is 2. The zero-order valence-electron chi connectivity index (χ0n) is 18.7. The maximum absolute atomic E-state index is 13.4. The molecule has 162 valence electrons. The van der Waals surface area contributed by atoms with E-state index in [1.54, 1.807) is 11.3 Å². The Morgan fingerprint density at radius 3 is 2.45 bits per heavy atom. The lowest BCUT2D eigenvalue weighted by molar-refractivity contribution is -0.120. The van der Waals surface area contributed by atoms with Gasteiger partial charge >= 0.3 is 0 Å². The third-order valence-electron chi connectivity index (χ3n) is 6.19. The van der Waals surface area contributed by atoms with Gasteiger partial charge in [0.05, 0.1) is 0 Å². The van der Waals surface area contributed by atoms with Crippen LogP contribution in [0.25, 0.3) is 0 Å². The summed E-state index contributed by atoms with van der Waals surface area (Å²) in [5.41, 5.74) is 4.11. The zero-order chi connectivity index (χ0) is 21.8. The van der Waals surface area contributed by atoms with Crippen LogP contribution in [0, 0.1) is 13.8 Å². The first-order valence-corrected chi connectivity index (χ1v) is 12.0. The van der Waals surface area contributed by atoms with Crippen LogP contribution in [0.1, 0.15) is 48.0 Å². The van der Waals surface area contributed by atoms with Crippen molar-refractivity contribution in [3.8, 4) is 0 Å². The number of carbonyl (C=O) groups excluding carboxylic acids is 1. The smallest absolute Gasteiger partial charge is 0.227 e. The highest BCUT2D eigenvalue weighted by Gasteiger charge is 2.46. The summed E-state index contributed by atoms with van der Waals surface area (Å²) in [6.07, 6.45) is 2.24. The lowest BCUT2D eigenvalue weighted by Gasteiger charge is -2.47. The molecule has 1 amide bonds. The summed E-state index contributed by atoms with van der Waals surface area (Å²) in [5.74, 6) is 0.162. The van der Waals surface area contributed by atoms with Crippen LogP contribution in [-0.4, -0.2) is 28.9 Å². The second-order valence-electron chi connectivity index (χ2n) is 8.51. The maximum atomic E-state index is 13.4. The van der Waals surface area contributed by atoms with Crippen LogP contribution in [-0.2, 0) is 16.9 Å². The van der Waals surface area contributed by atoms with Gasteiger partial charge in [-0.1, -0.05) is 49.4 Å². The Morgan fingerprint density at radius 2 is 1.84 bits per heavy atom. The summed E-state index contributed by atoms with van der Waals surface area (Å²) in [6.45, 7) is 8.90. The van der Waals surface area contributed by atoms with E-state index in [9.17, 15) is 4.79 Å². The van der Waals surface area contributed by atoms with E-state index in [1.807, 2.05) is 19.9 Å². The van der Waals surface area contributed by atoms with Crippen LogP contribution in [0.3, 0.4) is 0 Å². The van der Waals surface area contributed by atoms with E-state index in [0.717, 1.165) is 48.9 Å². The van der Waals surface area contributed by atoms with E-state index in [1.165, 1.54) is 11.1 Å². The average Bonchev–Trinajstić information content (AvgIpc) is 3.23. The number of aromatic nitrogens is 1. The number of carbonyl (C=O) groups is 1. The Morgan fingerprint density at radius 1 is 1.10 bits per heavy atom. The number of hydrogen-bond acceptors (Lipinski definition) is 4. The van der Waals surface area contributed by atoms with E-state index in [4.69, 9.17) is 4.98 Å². The molecule has 1 aromatic heterocycles. The van der Waals surface area contributed by atoms with Crippen molar-refractivity contribution in [3.05, 3.63) is 81.8 Å². The van der Waals surface area contributed by atoms with Crippen molar-refractivity contribution >= 4 is 22.9 Å². The first kappa shape index (κ1) is 21.7.